The van der Waals surface area contributed by atoms with Gasteiger partial charge in [-0.1, -0.05) is 60.7 Å². The van der Waals surface area contributed by atoms with Crippen molar-refractivity contribution in [1.29, 1.82) is 0 Å². The molecule has 0 bridgehead atoms. The zero-order chi connectivity index (χ0) is 26.1. The van der Waals surface area contributed by atoms with Crippen molar-refractivity contribution in [2.24, 2.45) is 28.8 Å². The van der Waals surface area contributed by atoms with Gasteiger partial charge in [0.15, 0.2) is 0 Å². The molecule has 1 saturated heterocycles. The van der Waals surface area contributed by atoms with Crippen LogP contribution in [0.25, 0.3) is 0 Å². The summed E-state index contributed by atoms with van der Waals surface area (Å²) in [6, 6.07) is 18.1. The van der Waals surface area contributed by atoms with Crippen LogP contribution >= 0.6 is 0 Å². The van der Waals surface area contributed by atoms with Gasteiger partial charge in [0.05, 0.1) is 30.1 Å². The molecule has 0 aromatic heterocycles. The minimum absolute atomic E-state index is 0.0605. The lowest BCUT2D eigenvalue weighted by molar-refractivity contribution is -0.144. The van der Waals surface area contributed by atoms with Crippen LogP contribution in [0.15, 0.2) is 65.8 Å². The van der Waals surface area contributed by atoms with Crippen LogP contribution in [0.4, 0.5) is 4.79 Å². The van der Waals surface area contributed by atoms with E-state index in [9.17, 15) is 24.6 Å². The van der Waals surface area contributed by atoms with Gasteiger partial charge in [-0.15, -0.1) is 0 Å². The van der Waals surface area contributed by atoms with E-state index in [0.717, 1.165) is 11.1 Å². The van der Waals surface area contributed by atoms with Gasteiger partial charge in [0.1, 0.15) is 6.61 Å². The molecule has 2 aliphatic carbocycles. The first kappa shape index (κ1) is 25.1. The predicted molar refractivity (Wildman–Crippen MR) is 134 cm³/mol. The SMILES string of the molecule is C[C@@H](c1ccccc1)N1C(=O)[C@@H]2[C@H]3[C@H](O)[C@H](O)CC(=NNC(=O)OCc4ccccc4)[C@@H]3CC[C@H]2C1=O. The van der Waals surface area contributed by atoms with Gasteiger partial charge in [-0.25, -0.2) is 10.2 Å². The number of fused-ring (bicyclic) bond motifs is 3. The molecule has 194 valence electrons. The normalized spacial score (nSPS) is 31.0. The number of benzene rings is 2. The maximum Gasteiger partial charge on any atom is 0.428 e. The molecule has 5 rings (SSSR count). The zero-order valence-electron chi connectivity index (χ0n) is 20.6. The van der Waals surface area contributed by atoms with Crippen LogP contribution in [-0.2, 0) is 20.9 Å². The Morgan fingerprint density at radius 3 is 2.38 bits per heavy atom. The standard InChI is InChI=1S/C28H31N3O6/c1-16(18-10-6-3-7-11-18)31-26(34)20-13-12-19-21(14-22(32)25(33)23(19)24(20)27(31)35)29-30-28(36)37-15-17-8-4-2-5-9-17/h2-11,16,19-20,22-25,32-33H,12-15H2,1H3,(H,30,36)/t16-,19-,20+,22+,23-,24-,25+/m0/s1. The Kier molecular flexibility index (Phi) is 7.08. The molecule has 37 heavy (non-hydrogen) atoms. The number of imide groups is 1. The first-order valence-corrected chi connectivity index (χ1v) is 12.7. The first-order valence-electron chi connectivity index (χ1n) is 12.7. The number of aliphatic hydroxyl groups is 2. The van der Waals surface area contributed by atoms with Gasteiger partial charge in [0, 0.05) is 24.0 Å². The Bertz CT molecular complexity index is 1190. The number of carbonyl (C=O) groups excluding carboxylic acids is 3. The highest BCUT2D eigenvalue weighted by Crippen LogP contribution is 2.50. The molecule has 3 fully saturated rings. The van der Waals surface area contributed by atoms with Crippen molar-refractivity contribution in [3.8, 4) is 0 Å². The Hall–Kier alpha value is -3.56. The van der Waals surface area contributed by atoms with Gasteiger partial charge in [-0.3, -0.25) is 14.5 Å². The second-order valence-corrected chi connectivity index (χ2v) is 10.1. The second-order valence-electron chi connectivity index (χ2n) is 10.1. The topological polar surface area (TPSA) is 129 Å². The summed E-state index contributed by atoms with van der Waals surface area (Å²) in [6.45, 7) is 1.91. The molecular formula is C28H31N3O6. The van der Waals surface area contributed by atoms with Crippen LogP contribution in [0.5, 0.6) is 0 Å². The Morgan fingerprint density at radius 1 is 1.03 bits per heavy atom. The van der Waals surface area contributed by atoms with Crippen molar-refractivity contribution in [2.45, 2.75) is 51.0 Å². The highest BCUT2D eigenvalue weighted by Gasteiger charge is 2.60. The molecule has 7 atom stereocenters. The molecule has 1 aliphatic heterocycles. The van der Waals surface area contributed by atoms with Crippen molar-refractivity contribution in [2.75, 3.05) is 0 Å². The molecule has 3 aliphatic rings. The lowest BCUT2D eigenvalue weighted by Gasteiger charge is -2.45. The molecule has 2 aromatic carbocycles. The van der Waals surface area contributed by atoms with E-state index < -0.39 is 42.1 Å². The molecule has 9 nitrogen and oxygen atoms in total. The zero-order valence-corrected chi connectivity index (χ0v) is 20.6. The minimum Gasteiger partial charge on any atom is -0.443 e. The van der Waals surface area contributed by atoms with Gasteiger partial charge >= 0.3 is 6.09 Å². The average Bonchev–Trinajstić information content (AvgIpc) is 3.18. The number of amides is 3. The van der Waals surface area contributed by atoms with E-state index in [1.165, 1.54) is 4.90 Å². The number of likely N-dealkylation sites (tertiary alicyclic amines) is 1. The van der Waals surface area contributed by atoms with Gasteiger partial charge in [0.25, 0.3) is 0 Å². The maximum absolute atomic E-state index is 13.6. The summed E-state index contributed by atoms with van der Waals surface area (Å²) >= 11 is 0. The van der Waals surface area contributed by atoms with E-state index in [1.807, 2.05) is 67.6 Å². The van der Waals surface area contributed by atoms with Crippen LogP contribution in [-0.4, -0.2) is 50.9 Å². The Labute approximate surface area is 215 Å². The largest absolute Gasteiger partial charge is 0.443 e. The van der Waals surface area contributed by atoms with Gasteiger partial charge in [-0.05, 0) is 30.9 Å². The van der Waals surface area contributed by atoms with Crippen molar-refractivity contribution in [1.82, 2.24) is 10.3 Å². The number of hydrazone groups is 1. The Balaban J connectivity index is 1.33. The fraction of sp³-hybridized carbons (Fsp3) is 0.429. The summed E-state index contributed by atoms with van der Waals surface area (Å²) < 4.78 is 5.21. The maximum atomic E-state index is 13.6. The lowest BCUT2D eigenvalue weighted by atomic mass is 9.60. The smallest absolute Gasteiger partial charge is 0.428 e. The van der Waals surface area contributed by atoms with Gasteiger partial charge < -0.3 is 14.9 Å². The van der Waals surface area contributed by atoms with Crippen LogP contribution in [0, 0.1) is 23.7 Å². The molecule has 0 spiro atoms. The minimum atomic E-state index is -1.18. The van der Waals surface area contributed by atoms with Crippen LogP contribution < -0.4 is 5.43 Å². The average molecular weight is 506 g/mol. The highest BCUT2D eigenvalue weighted by molar-refractivity contribution is 6.06. The van der Waals surface area contributed by atoms with Crippen molar-refractivity contribution in [3.05, 3.63) is 71.8 Å². The number of aliphatic hydroxyl groups excluding tert-OH is 2. The van der Waals surface area contributed by atoms with Crippen LogP contribution in [0.3, 0.4) is 0 Å². The quantitative estimate of drug-likeness (QED) is 0.423. The third-order valence-corrected chi connectivity index (χ3v) is 7.99. The van der Waals surface area contributed by atoms with E-state index >= 15 is 0 Å². The fourth-order valence-corrected chi connectivity index (χ4v) is 6.16. The molecule has 2 saturated carbocycles. The number of nitrogens with one attached hydrogen (secondary N) is 1. The first-order chi connectivity index (χ1) is 17.9. The summed E-state index contributed by atoms with van der Waals surface area (Å²) in [4.78, 5) is 40.6. The summed E-state index contributed by atoms with van der Waals surface area (Å²) in [5, 5.41) is 25.9. The number of rotatable bonds is 5. The third-order valence-electron chi connectivity index (χ3n) is 7.99. The van der Waals surface area contributed by atoms with Crippen molar-refractivity contribution in [3.63, 3.8) is 0 Å². The molecular weight excluding hydrogens is 474 g/mol. The molecule has 3 amide bonds. The van der Waals surface area contributed by atoms with E-state index in [1.54, 1.807) is 0 Å². The predicted octanol–water partition coefficient (Wildman–Crippen LogP) is 2.78. The monoisotopic (exact) mass is 505 g/mol. The van der Waals surface area contributed by atoms with E-state index in [2.05, 4.69) is 10.5 Å². The van der Waals surface area contributed by atoms with E-state index in [4.69, 9.17) is 4.74 Å². The van der Waals surface area contributed by atoms with Crippen molar-refractivity contribution < 1.29 is 29.3 Å². The van der Waals surface area contributed by atoms with Crippen molar-refractivity contribution >= 4 is 23.6 Å². The number of hydrogen-bond acceptors (Lipinski definition) is 7. The molecule has 0 unspecified atom stereocenters. The number of ether oxygens (including phenoxy) is 1. The molecule has 2 aromatic rings. The number of nitrogens with zero attached hydrogens (tertiary/aromatic N) is 2. The van der Waals surface area contributed by atoms with Crippen LogP contribution in [0.2, 0.25) is 0 Å². The van der Waals surface area contributed by atoms with Crippen LogP contribution in [0.1, 0.15) is 43.4 Å². The summed E-state index contributed by atoms with van der Waals surface area (Å²) in [7, 11) is 0. The Morgan fingerprint density at radius 2 is 1.68 bits per heavy atom. The third kappa shape index (κ3) is 4.76. The van der Waals surface area contributed by atoms with Gasteiger partial charge in [0.2, 0.25) is 11.8 Å². The lowest BCUT2D eigenvalue weighted by Crippen LogP contribution is -2.55. The summed E-state index contributed by atoms with van der Waals surface area (Å²) in [5.41, 5.74) is 4.57. The van der Waals surface area contributed by atoms with E-state index in [-0.39, 0.29) is 30.8 Å². The fourth-order valence-electron chi connectivity index (χ4n) is 6.16. The van der Waals surface area contributed by atoms with E-state index in [0.29, 0.717) is 18.6 Å². The number of carbonyl (C=O) groups is 3. The second kappa shape index (κ2) is 10.4. The number of hydrogen-bond donors (Lipinski definition) is 3. The summed E-state index contributed by atoms with van der Waals surface area (Å²) in [6.07, 6.45) is -2.03. The molecule has 1 heterocycles. The molecule has 0 radical (unpaired) electrons. The highest BCUT2D eigenvalue weighted by atomic mass is 16.6. The molecule has 3 N–H and O–H groups in total. The van der Waals surface area contributed by atoms with Gasteiger partial charge in [-0.2, -0.15) is 5.10 Å². The molecule has 9 heteroatoms. The summed E-state index contributed by atoms with van der Waals surface area (Å²) in [5.74, 6) is -2.89.